The summed E-state index contributed by atoms with van der Waals surface area (Å²) in [6.45, 7) is -0.206. The van der Waals surface area contributed by atoms with Gasteiger partial charge < -0.3 is 25.0 Å². The van der Waals surface area contributed by atoms with Crippen LogP contribution in [0.15, 0.2) is 30.3 Å². The normalized spacial score (nSPS) is 25.0. The highest BCUT2D eigenvalue weighted by atomic mass is 16.5. The Hall–Kier alpha value is -2.45. The summed E-state index contributed by atoms with van der Waals surface area (Å²) in [5.74, 6) is -4.51. The van der Waals surface area contributed by atoms with Crippen LogP contribution in [0, 0.1) is 0 Å². The van der Waals surface area contributed by atoms with E-state index in [4.69, 9.17) is 24.5 Å². The summed E-state index contributed by atoms with van der Waals surface area (Å²) in [6.07, 6.45) is 4.26. The first kappa shape index (κ1) is 20.9. The molecule has 148 valence electrons. The second-order valence-corrected chi connectivity index (χ2v) is 6.84. The lowest BCUT2D eigenvalue weighted by atomic mass is 9.98. The summed E-state index contributed by atoms with van der Waals surface area (Å²) in [5, 5.41) is 24.3. The summed E-state index contributed by atoms with van der Waals surface area (Å²) in [4.78, 5) is 33.0. The van der Waals surface area contributed by atoms with E-state index in [-0.39, 0.29) is 18.7 Å². The summed E-state index contributed by atoms with van der Waals surface area (Å²) in [5.41, 5.74) is 0.820. The monoisotopic (exact) mass is 379 g/mol. The van der Waals surface area contributed by atoms with Gasteiger partial charge in [-0.15, -0.1) is 0 Å². The molecule has 0 amide bonds. The van der Waals surface area contributed by atoms with Crippen LogP contribution in [-0.2, 0) is 19.1 Å². The Morgan fingerprint density at radius 1 is 1.07 bits per heavy atom. The Balaban J connectivity index is 0.000000380. The standard InChI is InChI=1S/C17H23NO3.C2H2O4/c1-18-13-7-8-14(18)10-15(9-13)21-17(20)16(11-19)12-5-3-2-4-6-12;3-1(4)2(5)6/h2-6,13-16,19H,7-11H2,1H3;(H,3,4)(H,5,6)/t13-,14+,15?,16?;. The van der Waals surface area contributed by atoms with Crippen molar-refractivity contribution in [3.8, 4) is 0 Å². The number of ether oxygens (including phenoxy) is 1. The molecule has 4 atom stereocenters. The molecule has 0 saturated carbocycles. The number of aliphatic carboxylic acids is 2. The van der Waals surface area contributed by atoms with Gasteiger partial charge in [-0.25, -0.2) is 9.59 Å². The van der Waals surface area contributed by atoms with Crippen LogP contribution in [0.5, 0.6) is 0 Å². The van der Waals surface area contributed by atoms with E-state index in [0.29, 0.717) is 12.1 Å². The van der Waals surface area contributed by atoms with Crippen LogP contribution in [0.25, 0.3) is 0 Å². The molecule has 3 N–H and O–H groups in total. The molecule has 0 radical (unpaired) electrons. The first-order valence-corrected chi connectivity index (χ1v) is 8.88. The van der Waals surface area contributed by atoms with E-state index in [2.05, 4.69) is 11.9 Å². The maximum absolute atomic E-state index is 12.4. The summed E-state index contributed by atoms with van der Waals surface area (Å²) >= 11 is 0. The van der Waals surface area contributed by atoms with Gasteiger partial charge in [0.15, 0.2) is 0 Å². The molecule has 1 aromatic rings. The first-order chi connectivity index (χ1) is 12.8. The molecule has 0 spiro atoms. The zero-order valence-electron chi connectivity index (χ0n) is 15.2. The third kappa shape index (κ3) is 5.51. The van der Waals surface area contributed by atoms with Gasteiger partial charge in [-0.1, -0.05) is 30.3 Å². The molecular weight excluding hydrogens is 354 g/mol. The third-order valence-corrected chi connectivity index (χ3v) is 5.19. The maximum Gasteiger partial charge on any atom is 0.414 e. The van der Waals surface area contributed by atoms with Crippen LogP contribution in [-0.4, -0.2) is 70.0 Å². The number of esters is 1. The van der Waals surface area contributed by atoms with Crippen molar-refractivity contribution in [2.45, 2.75) is 49.8 Å². The van der Waals surface area contributed by atoms with Gasteiger partial charge in [0.05, 0.1) is 6.61 Å². The highest BCUT2D eigenvalue weighted by molar-refractivity contribution is 6.27. The quantitative estimate of drug-likeness (QED) is 0.524. The van der Waals surface area contributed by atoms with Crippen LogP contribution in [0.1, 0.15) is 37.2 Å². The number of fused-ring (bicyclic) bond motifs is 2. The van der Waals surface area contributed by atoms with Gasteiger partial charge in [-0.05, 0) is 38.3 Å². The van der Waals surface area contributed by atoms with E-state index >= 15 is 0 Å². The number of aliphatic hydroxyl groups is 1. The zero-order chi connectivity index (χ0) is 20.0. The molecule has 1 aromatic carbocycles. The molecule has 2 bridgehead atoms. The highest BCUT2D eigenvalue weighted by Crippen LogP contribution is 2.36. The van der Waals surface area contributed by atoms with Gasteiger partial charge >= 0.3 is 17.9 Å². The molecule has 8 heteroatoms. The maximum atomic E-state index is 12.4. The third-order valence-electron chi connectivity index (χ3n) is 5.19. The average Bonchev–Trinajstić information content (AvgIpc) is 2.84. The summed E-state index contributed by atoms with van der Waals surface area (Å²) in [6, 6.07) is 10.5. The van der Waals surface area contributed by atoms with Crippen LogP contribution >= 0.6 is 0 Å². The first-order valence-electron chi connectivity index (χ1n) is 8.88. The number of carboxylic acids is 2. The number of hydrogen-bond donors (Lipinski definition) is 3. The van der Waals surface area contributed by atoms with E-state index < -0.39 is 17.9 Å². The van der Waals surface area contributed by atoms with Gasteiger partial charge in [0.25, 0.3) is 0 Å². The van der Waals surface area contributed by atoms with Gasteiger partial charge in [0, 0.05) is 12.1 Å². The van der Waals surface area contributed by atoms with Crippen molar-refractivity contribution in [1.29, 1.82) is 0 Å². The Morgan fingerprint density at radius 3 is 2.04 bits per heavy atom. The Bertz CT molecular complexity index is 637. The van der Waals surface area contributed by atoms with Gasteiger partial charge in [-0.2, -0.15) is 0 Å². The number of aliphatic hydroxyl groups excluding tert-OH is 1. The zero-order valence-corrected chi connectivity index (χ0v) is 15.2. The van der Waals surface area contributed by atoms with Crippen molar-refractivity contribution < 1.29 is 34.4 Å². The predicted octanol–water partition coefficient (Wildman–Crippen LogP) is 1.09. The molecule has 2 saturated heterocycles. The number of rotatable bonds is 4. The van der Waals surface area contributed by atoms with E-state index in [1.165, 1.54) is 12.8 Å². The Labute approximate surface area is 157 Å². The van der Waals surface area contributed by atoms with Crippen LogP contribution in [0.4, 0.5) is 0 Å². The smallest absolute Gasteiger partial charge is 0.414 e. The molecule has 0 aliphatic carbocycles. The van der Waals surface area contributed by atoms with Crippen molar-refractivity contribution in [3.63, 3.8) is 0 Å². The van der Waals surface area contributed by atoms with Crippen molar-refractivity contribution in [3.05, 3.63) is 35.9 Å². The number of carbonyl (C=O) groups excluding carboxylic acids is 1. The second kappa shape index (κ2) is 9.48. The molecular formula is C19H25NO7. The van der Waals surface area contributed by atoms with E-state index in [1.807, 2.05) is 30.3 Å². The highest BCUT2D eigenvalue weighted by Gasteiger charge is 2.40. The van der Waals surface area contributed by atoms with Gasteiger partial charge in [0.2, 0.25) is 0 Å². The van der Waals surface area contributed by atoms with Crippen LogP contribution in [0.3, 0.4) is 0 Å². The van der Waals surface area contributed by atoms with Gasteiger partial charge in [0.1, 0.15) is 12.0 Å². The largest absolute Gasteiger partial charge is 0.473 e. The van der Waals surface area contributed by atoms with Crippen LogP contribution in [0.2, 0.25) is 0 Å². The lowest BCUT2D eigenvalue weighted by molar-refractivity contribution is -0.159. The van der Waals surface area contributed by atoms with Crippen molar-refractivity contribution in [2.24, 2.45) is 0 Å². The molecule has 27 heavy (non-hydrogen) atoms. The van der Waals surface area contributed by atoms with Crippen LogP contribution < -0.4 is 0 Å². The molecule has 2 unspecified atom stereocenters. The number of carbonyl (C=O) groups is 3. The topological polar surface area (TPSA) is 124 Å². The second-order valence-electron chi connectivity index (χ2n) is 6.84. The molecule has 2 aliphatic heterocycles. The Morgan fingerprint density at radius 2 is 1.59 bits per heavy atom. The predicted molar refractivity (Wildman–Crippen MR) is 95.2 cm³/mol. The average molecular weight is 379 g/mol. The minimum Gasteiger partial charge on any atom is -0.473 e. The number of nitrogens with zero attached hydrogens (tertiary/aromatic N) is 1. The van der Waals surface area contributed by atoms with E-state index in [0.717, 1.165) is 18.4 Å². The Kier molecular flexibility index (Phi) is 7.32. The fourth-order valence-electron chi connectivity index (χ4n) is 3.71. The van der Waals surface area contributed by atoms with E-state index in [1.54, 1.807) is 0 Å². The number of piperidine rings is 1. The molecule has 8 nitrogen and oxygen atoms in total. The molecule has 0 aromatic heterocycles. The fraction of sp³-hybridized carbons (Fsp3) is 0.526. The SMILES string of the molecule is CN1[C@@H]2CC[C@H]1CC(OC(=O)C(CO)c1ccccc1)C2.O=C(O)C(=O)O. The van der Waals surface area contributed by atoms with Crippen molar-refractivity contribution in [1.82, 2.24) is 4.90 Å². The summed E-state index contributed by atoms with van der Waals surface area (Å²) in [7, 11) is 2.17. The molecule has 2 fully saturated rings. The summed E-state index contributed by atoms with van der Waals surface area (Å²) < 4.78 is 5.70. The number of benzene rings is 1. The fourth-order valence-corrected chi connectivity index (χ4v) is 3.71. The van der Waals surface area contributed by atoms with Crippen molar-refractivity contribution >= 4 is 17.9 Å². The minimum absolute atomic E-state index is 0.00367. The lowest BCUT2D eigenvalue weighted by Crippen LogP contribution is -2.43. The number of hydrogen-bond acceptors (Lipinski definition) is 6. The molecule has 2 aliphatic rings. The minimum atomic E-state index is -1.82. The van der Waals surface area contributed by atoms with Crippen molar-refractivity contribution in [2.75, 3.05) is 13.7 Å². The van der Waals surface area contributed by atoms with Gasteiger partial charge in [-0.3, -0.25) is 4.79 Å². The molecule has 3 rings (SSSR count). The lowest BCUT2D eigenvalue weighted by Gasteiger charge is -2.36. The number of carboxylic acid groups (broad SMARTS) is 2. The molecule has 2 heterocycles. The van der Waals surface area contributed by atoms with E-state index in [9.17, 15) is 9.90 Å².